The second-order valence-corrected chi connectivity index (χ2v) is 13.1. The van der Waals surface area contributed by atoms with Crippen LogP contribution in [0.5, 0.6) is 0 Å². The number of hydrogen-bond acceptors (Lipinski definition) is 4. The first-order chi connectivity index (χ1) is 20.5. The number of pyridine rings is 1. The quantitative estimate of drug-likeness (QED) is 0.0897. The van der Waals surface area contributed by atoms with E-state index >= 15 is 0 Å². The topological polar surface area (TPSA) is 102 Å². The number of thioether (sulfide) groups is 1. The van der Waals surface area contributed by atoms with Crippen LogP contribution in [0, 0.1) is 13.8 Å². The Kier molecular flexibility index (Phi) is 8.86. The minimum Gasteiger partial charge on any atom is -0.356 e. The summed E-state index contributed by atoms with van der Waals surface area (Å²) in [5.74, 6) is 1.13. The predicted octanol–water partition coefficient (Wildman–Crippen LogP) is 4.59. The van der Waals surface area contributed by atoms with Gasteiger partial charge in [-0.05, 0) is 62.2 Å². The lowest BCUT2D eigenvalue weighted by molar-refractivity contribution is -0.695. The van der Waals surface area contributed by atoms with Gasteiger partial charge < -0.3 is 26.3 Å². The number of carbonyl (C=O) groups excluding carboxylic acids is 2. The van der Waals surface area contributed by atoms with Crippen molar-refractivity contribution in [2.75, 3.05) is 25.4 Å². The molecular weight excluding hydrogens is 544 g/mol. The molecule has 9 heteroatoms. The highest BCUT2D eigenvalue weighted by molar-refractivity contribution is 8.00. The summed E-state index contributed by atoms with van der Waals surface area (Å²) in [6.45, 7) is 8.00. The number of unbranched alkanes of at least 4 members (excludes halogenated alkanes) is 1. The van der Waals surface area contributed by atoms with Gasteiger partial charge in [-0.1, -0.05) is 24.6 Å². The van der Waals surface area contributed by atoms with Crippen molar-refractivity contribution in [2.45, 2.75) is 76.3 Å². The molecule has 42 heavy (non-hydrogen) atoms. The second kappa shape index (κ2) is 12.9. The van der Waals surface area contributed by atoms with Crippen molar-refractivity contribution in [3.05, 3.63) is 53.9 Å². The SMILES string of the molecule is Cc1c2cc[n+](CCCNCCCNC(=O)CCCC[C@H]3SC[C@@H]4NC(=O)N[C@@H]43)cc2c(C)c2c1[nH]c1ccccc12. The third kappa shape index (κ3) is 6.08. The maximum Gasteiger partial charge on any atom is 0.315 e. The molecule has 2 saturated heterocycles. The number of fused-ring (bicyclic) bond motifs is 5. The van der Waals surface area contributed by atoms with Gasteiger partial charge in [-0.2, -0.15) is 11.8 Å². The molecule has 0 saturated carbocycles. The van der Waals surface area contributed by atoms with Crippen LogP contribution in [-0.2, 0) is 11.3 Å². The van der Waals surface area contributed by atoms with Gasteiger partial charge in [0.05, 0.1) is 17.6 Å². The molecule has 222 valence electrons. The van der Waals surface area contributed by atoms with Crippen LogP contribution >= 0.6 is 11.8 Å². The molecule has 4 aromatic rings. The Morgan fingerprint density at radius 1 is 0.976 bits per heavy atom. The van der Waals surface area contributed by atoms with Crippen LogP contribution in [0.3, 0.4) is 0 Å². The zero-order chi connectivity index (χ0) is 29.1. The molecule has 2 aromatic carbocycles. The van der Waals surface area contributed by atoms with Crippen molar-refractivity contribution in [3.63, 3.8) is 0 Å². The number of urea groups is 1. The largest absolute Gasteiger partial charge is 0.356 e. The van der Waals surface area contributed by atoms with Crippen molar-refractivity contribution in [2.24, 2.45) is 0 Å². The zero-order valence-electron chi connectivity index (χ0n) is 24.7. The standard InChI is InChI=1S/C33H42N6O2S/c1-21-25-19-39(18-13-23(25)22(2)31-30(21)24-9-3-4-10-26(24)36-31)17-8-15-34-14-7-16-35-29(40)12-6-5-11-28-32-27(20-42-28)37-33(41)38-32/h3-4,9-10,13,18-19,27-28,32,34H,5-8,11-12,14-17,20H2,1-2H3,(H3,35,37,38,40,41)/p+1/t27-,28+,32-/m0/s1. The summed E-state index contributed by atoms with van der Waals surface area (Å²) in [5, 5.41) is 18.3. The average Bonchev–Trinajstić information content (AvgIpc) is 3.68. The monoisotopic (exact) mass is 587 g/mol. The van der Waals surface area contributed by atoms with Crippen molar-refractivity contribution in [1.82, 2.24) is 26.3 Å². The highest BCUT2D eigenvalue weighted by atomic mass is 32.2. The lowest BCUT2D eigenvalue weighted by Gasteiger charge is -2.16. The fourth-order valence-electron chi connectivity index (χ4n) is 6.70. The minimum absolute atomic E-state index is 0.0364. The van der Waals surface area contributed by atoms with E-state index in [0.29, 0.717) is 18.2 Å². The summed E-state index contributed by atoms with van der Waals surface area (Å²) >= 11 is 1.93. The summed E-state index contributed by atoms with van der Waals surface area (Å²) in [7, 11) is 0. The van der Waals surface area contributed by atoms with Gasteiger partial charge in [0, 0.05) is 64.7 Å². The first-order valence-corrected chi connectivity index (χ1v) is 16.5. The molecule has 2 aliphatic heterocycles. The third-order valence-corrected chi connectivity index (χ3v) is 10.5. The fourth-order valence-corrected chi connectivity index (χ4v) is 8.24. The summed E-state index contributed by atoms with van der Waals surface area (Å²) in [4.78, 5) is 27.4. The van der Waals surface area contributed by atoms with E-state index in [9.17, 15) is 9.59 Å². The minimum atomic E-state index is -0.0364. The normalized spacial score (nSPS) is 19.9. The van der Waals surface area contributed by atoms with Gasteiger partial charge in [0.25, 0.3) is 0 Å². The second-order valence-electron chi connectivity index (χ2n) is 11.9. The lowest BCUT2D eigenvalue weighted by atomic mass is 9.97. The van der Waals surface area contributed by atoms with Crippen molar-refractivity contribution < 1.29 is 14.2 Å². The summed E-state index contributed by atoms with van der Waals surface area (Å²) < 4.78 is 2.31. The van der Waals surface area contributed by atoms with E-state index in [1.165, 1.54) is 43.7 Å². The number of benzene rings is 2. The molecular formula is C33H43N6O2S+. The Morgan fingerprint density at radius 3 is 2.74 bits per heavy atom. The number of hydrogen-bond donors (Lipinski definition) is 5. The van der Waals surface area contributed by atoms with Gasteiger partial charge in [-0.25, -0.2) is 9.36 Å². The number of para-hydroxylation sites is 1. The Hall–Kier alpha value is -3.30. The van der Waals surface area contributed by atoms with Crippen molar-refractivity contribution in [3.8, 4) is 0 Å². The molecule has 5 N–H and O–H groups in total. The molecule has 0 radical (unpaired) electrons. The highest BCUT2D eigenvalue weighted by Crippen LogP contribution is 2.36. The molecule has 2 aromatic heterocycles. The Morgan fingerprint density at radius 2 is 1.83 bits per heavy atom. The molecule has 6 rings (SSSR count). The van der Waals surface area contributed by atoms with E-state index in [0.717, 1.165) is 57.5 Å². The predicted molar refractivity (Wildman–Crippen MR) is 172 cm³/mol. The van der Waals surface area contributed by atoms with Gasteiger partial charge in [-0.15, -0.1) is 0 Å². The van der Waals surface area contributed by atoms with Gasteiger partial charge in [-0.3, -0.25) is 4.79 Å². The number of nitrogens with one attached hydrogen (secondary N) is 5. The van der Waals surface area contributed by atoms with Crippen LogP contribution in [0.2, 0.25) is 0 Å². The van der Waals surface area contributed by atoms with Crippen LogP contribution in [0.1, 0.15) is 49.7 Å². The molecule has 3 amide bonds. The van der Waals surface area contributed by atoms with Crippen LogP contribution in [0.4, 0.5) is 4.79 Å². The maximum absolute atomic E-state index is 12.2. The van der Waals surface area contributed by atoms with Gasteiger partial charge in [0.2, 0.25) is 5.91 Å². The molecule has 3 atom stereocenters. The number of aromatic amines is 1. The van der Waals surface area contributed by atoms with Gasteiger partial charge in [0.15, 0.2) is 12.4 Å². The van der Waals surface area contributed by atoms with E-state index in [1.807, 2.05) is 11.8 Å². The number of nitrogens with zero attached hydrogens (tertiary/aromatic N) is 1. The number of rotatable bonds is 13. The number of aryl methyl sites for hydroxylation is 3. The van der Waals surface area contributed by atoms with E-state index in [4.69, 9.17) is 0 Å². The first-order valence-electron chi connectivity index (χ1n) is 15.5. The molecule has 0 spiro atoms. The fraction of sp³-hybridized carbons (Fsp3) is 0.485. The lowest BCUT2D eigenvalue weighted by Crippen LogP contribution is -2.36. The van der Waals surface area contributed by atoms with E-state index in [1.54, 1.807) is 0 Å². The number of aromatic nitrogens is 2. The molecule has 2 aliphatic rings. The molecule has 4 heterocycles. The van der Waals surface area contributed by atoms with Crippen molar-refractivity contribution >= 4 is 56.3 Å². The summed E-state index contributed by atoms with van der Waals surface area (Å²) in [6.07, 6.45) is 10.0. The van der Waals surface area contributed by atoms with E-state index in [-0.39, 0.29) is 24.0 Å². The Bertz CT molecular complexity index is 1600. The third-order valence-electron chi connectivity index (χ3n) is 8.98. The average molecular weight is 588 g/mol. The number of carbonyl (C=O) groups is 2. The summed E-state index contributed by atoms with van der Waals surface area (Å²) in [6, 6.07) is 11.3. The number of amides is 3. The van der Waals surface area contributed by atoms with Crippen LogP contribution < -0.4 is 25.8 Å². The molecule has 8 nitrogen and oxygen atoms in total. The van der Waals surface area contributed by atoms with Crippen LogP contribution in [-0.4, -0.2) is 59.6 Å². The van der Waals surface area contributed by atoms with Crippen LogP contribution in [0.15, 0.2) is 42.7 Å². The van der Waals surface area contributed by atoms with E-state index in [2.05, 4.69) is 87.4 Å². The van der Waals surface area contributed by atoms with Crippen molar-refractivity contribution in [1.29, 1.82) is 0 Å². The van der Waals surface area contributed by atoms with Crippen LogP contribution in [0.25, 0.3) is 32.6 Å². The van der Waals surface area contributed by atoms with Gasteiger partial charge >= 0.3 is 6.03 Å². The molecule has 2 fully saturated rings. The smallest absolute Gasteiger partial charge is 0.315 e. The number of H-pyrrole nitrogens is 1. The van der Waals surface area contributed by atoms with Gasteiger partial charge in [0.1, 0.15) is 6.54 Å². The maximum atomic E-state index is 12.2. The Balaban J connectivity index is 0.872. The van der Waals surface area contributed by atoms with E-state index < -0.39 is 0 Å². The first kappa shape index (κ1) is 28.8. The summed E-state index contributed by atoms with van der Waals surface area (Å²) in [5.41, 5.74) is 5.08. The zero-order valence-corrected chi connectivity index (χ0v) is 25.5. The molecule has 0 aliphatic carbocycles. The molecule has 0 unspecified atom stereocenters. The molecule has 0 bridgehead atoms. The highest BCUT2D eigenvalue weighted by Gasteiger charge is 2.42. The Labute approximate surface area is 251 Å².